The van der Waals surface area contributed by atoms with Crippen LogP contribution < -0.4 is 5.32 Å². The molecule has 1 fully saturated rings. The van der Waals surface area contributed by atoms with E-state index in [1.165, 1.54) is 0 Å². The fourth-order valence-electron chi connectivity index (χ4n) is 1.29. The fraction of sp³-hybridized carbons (Fsp3) is 0.556. The Morgan fingerprint density at radius 1 is 1.67 bits per heavy atom. The molecule has 0 aromatic carbocycles. The molecule has 0 aliphatic heterocycles. The molecule has 4 nitrogen and oxygen atoms in total. The highest BCUT2D eigenvalue weighted by Gasteiger charge is 2.24. The van der Waals surface area contributed by atoms with E-state index < -0.39 is 6.43 Å². The first-order valence-electron chi connectivity index (χ1n) is 4.78. The monoisotopic (exact) mass is 215 g/mol. The number of nitrogens with one attached hydrogen (secondary N) is 2. The minimum absolute atomic E-state index is 0.162. The standard InChI is InChI=1S/C9H11F2N3O/c10-9(11)6-4-7(14-13-6)12-8(15)3-5-1-2-5/h4-5,9H,1-3H2,(H2,12,13,14,15). The first-order valence-corrected chi connectivity index (χ1v) is 4.78. The fourth-order valence-corrected chi connectivity index (χ4v) is 1.29. The van der Waals surface area contributed by atoms with Crippen LogP contribution in [-0.2, 0) is 4.79 Å². The van der Waals surface area contributed by atoms with Gasteiger partial charge in [-0.05, 0) is 18.8 Å². The molecule has 1 aliphatic rings. The quantitative estimate of drug-likeness (QED) is 0.807. The van der Waals surface area contributed by atoms with Crippen molar-refractivity contribution in [1.29, 1.82) is 0 Å². The molecule has 1 aliphatic carbocycles. The third-order valence-electron chi connectivity index (χ3n) is 2.27. The van der Waals surface area contributed by atoms with E-state index in [4.69, 9.17) is 0 Å². The molecule has 1 aromatic rings. The van der Waals surface area contributed by atoms with Gasteiger partial charge in [0.05, 0.1) is 0 Å². The lowest BCUT2D eigenvalue weighted by atomic mass is 10.3. The van der Waals surface area contributed by atoms with Crippen molar-refractivity contribution in [2.45, 2.75) is 25.7 Å². The molecule has 1 saturated carbocycles. The summed E-state index contributed by atoms with van der Waals surface area (Å²) >= 11 is 0. The highest BCUT2D eigenvalue weighted by molar-refractivity contribution is 5.90. The van der Waals surface area contributed by atoms with E-state index in [0.717, 1.165) is 18.9 Å². The van der Waals surface area contributed by atoms with Gasteiger partial charge in [0.15, 0.2) is 5.82 Å². The molecule has 2 N–H and O–H groups in total. The third kappa shape index (κ3) is 2.74. The summed E-state index contributed by atoms with van der Waals surface area (Å²) in [5.74, 6) is 0.472. The van der Waals surface area contributed by atoms with Gasteiger partial charge in [0.2, 0.25) is 5.91 Å². The van der Waals surface area contributed by atoms with Crippen molar-refractivity contribution in [2.24, 2.45) is 5.92 Å². The number of carbonyl (C=O) groups is 1. The second-order valence-corrected chi connectivity index (χ2v) is 3.70. The van der Waals surface area contributed by atoms with Crippen molar-refractivity contribution in [3.05, 3.63) is 11.8 Å². The van der Waals surface area contributed by atoms with Crippen LogP contribution in [0.15, 0.2) is 6.07 Å². The van der Waals surface area contributed by atoms with E-state index in [2.05, 4.69) is 15.5 Å². The number of nitrogens with zero attached hydrogens (tertiary/aromatic N) is 1. The number of aromatic nitrogens is 2. The Morgan fingerprint density at radius 3 is 2.93 bits per heavy atom. The number of carbonyl (C=O) groups excluding carboxylic acids is 1. The van der Waals surface area contributed by atoms with Gasteiger partial charge in [0.25, 0.3) is 6.43 Å². The van der Waals surface area contributed by atoms with E-state index in [0.29, 0.717) is 12.3 Å². The van der Waals surface area contributed by atoms with E-state index >= 15 is 0 Å². The zero-order chi connectivity index (χ0) is 10.8. The summed E-state index contributed by atoms with van der Waals surface area (Å²) in [6.07, 6.45) is 0.0234. The molecule has 0 saturated heterocycles. The zero-order valence-corrected chi connectivity index (χ0v) is 7.96. The van der Waals surface area contributed by atoms with Gasteiger partial charge >= 0.3 is 0 Å². The molecule has 15 heavy (non-hydrogen) atoms. The summed E-state index contributed by atoms with van der Waals surface area (Å²) in [7, 11) is 0. The molecule has 1 heterocycles. The summed E-state index contributed by atoms with van der Waals surface area (Å²) in [5, 5.41) is 8.21. The van der Waals surface area contributed by atoms with E-state index in [-0.39, 0.29) is 17.4 Å². The molecule has 1 aromatic heterocycles. The average Bonchev–Trinajstić information content (AvgIpc) is 2.82. The van der Waals surface area contributed by atoms with Crippen LogP contribution in [0.4, 0.5) is 14.6 Å². The average molecular weight is 215 g/mol. The molecular formula is C9H11F2N3O. The Morgan fingerprint density at radius 2 is 2.40 bits per heavy atom. The predicted molar refractivity (Wildman–Crippen MR) is 49.5 cm³/mol. The molecular weight excluding hydrogens is 204 g/mol. The topological polar surface area (TPSA) is 57.8 Å². The van der Waals surface area contributed by atoms with E-state index in [1.54, 1.807) is 0 Å². The van der Waals surface area contributed by atoms with Crippen molar-refractivity contribution in [2.75, 3.05) is 5.32 Å². The maximum atomic E-state index is 12.2. The second-order valence-electron chi connectivity index (χ2n) is 3.70. The Bertz CT molecular complexity index is 360. The van der Waals surface area contributed by atoms with Crippen LogP contribution in [0.25, 0.3) is 0 Å². The second kappa shape index (κ2) is 3.96. The van der Waals surface area contributed by atoms with Crippen molar-refractivity contribution in [1.82, 2.24) is 10.2 Å². The number of halogens is 2. The lowest BCUT2D eigenvalue weighted by Gasteiger charge is -1.98. The van der Waals surface area contributed by atoms with Gasteiger partial charge in [-0.2, -0.15) is 5.10 Å². The predicted octanol–water partition coefficient (Wildman–Crippen LogP) is 2.09. The lowest BCUT2D eigenvalue weighted by molar-refractivity contribution is -0.116. The largest absolute Gasteiger partial charge is 0.309 e. The minimum atomic E-state index is -2.59. The highest BCUT2D eigenvalue weighted by Crippen LogP contribution is 2.32. The molecule has 1 amide bonds. The zero-order valence-electron chi connectivity index (χ0n) is 7.96. The number of rotatable bonds is 4. The van der Waals surface area contributed by atoms with Crippen LogP contribution in [0.1, 0.15) is 31.4 Å². The van der Waals surface area contributed by atoms with Crippen LogP contribution in [0.2, 0.25) is 0 Å². The van der Waals surface area contributed by atoms with Crippen LogP contribution in [-0.4, -0.2) is 16.1 Å². The summed E-state index contributed by atoms with van der Waals surface area (Å²) in [6.45, 7) is 0. The van der Waals surface area contributed by atoms with Crippen molar-refractivity contribution >= 4 is 11.7 Å². The molecule has 0 atom stereocenters. The Balaban J connectivity index is 1.88. The van der Waals surface area contributed by atoms with Gasteiger partial charge in [-0.15, -0.1) is 0 Å². The number of aromatic amines is 1. The highest BCUT2D eigenvalue weighted by atomic mass is 19.3. The van der Waals surface area contributed by atoms with Crippen molar-refractivity contribution in [3.8, 4) is 0 Å². The minimum Gasteiger partial charge on any atom is -0.309 e. The molecule has 82 valence electrons. The van der Waals surface area contributed by atoms with Crippen LogP contribution in [0, 0.1) is 5.92 Å². The van der Waals surface area contributed by atoms with Gasteiger partial charge in [-0.3, -0.25) is 9.89 Å². The van der Waals surface area contributed by atoms with Gasteiger partial charge in [-0.1, -0.05) is 0 Å². The normalized spacial score (nSPS) is 15.7. The van der Waals surface area contributed by atoms with Gasteiger partial charge < -0.3 is 5.32 Å². The first-order chi connectivity index (χ1) is 7.15. The number of hydrogen-bond donors (Lipinski definition) is 2. The molecule has 0 spiro atoms. The Hall–Kier alpha value is -1.46. The number of hydrogen-bond acceptors (Lipinski definition) is 2. The van der Waals surface area contributed by atoms with Crippen molar-refractivity contribution in [3.63, 3.8) is 0 Å². The van der Waals surface area contributed by atoms with Gasteiger partial charge in [-0.25, -0.2) is 8.78 Å². The van der Waals surface area contributed by atoms with Crippen LogP contribution in [0.5, 0.6) is 0 Å². The van der Waals surface area contributed by atoms with Gasteiger partial charge in [0, 0.05) is 12.5 Å². The summed E-state index contributed by atoms with van der Waals surface area (Å²) in [6, 6.07) is 1.15. The third-order valence-corrected chi connectivity index (χ3v) is 2.27. The lowest BCUT2D eigenvalue weighted by Crippen LogP contribution is -2.12. The molecule has 0 unspecified atom stereocenters. The molecule has 0 bridgehead atoms. The van der Waals surface area contributed by atoms with Crippen LogP contribution >= 0.6 is 0 Å². The number of amides is 1. The Labute approximate surface area is 85.1 Å². The summed E-state index contributed by atoms with van der Waals surface area (Å²) in [5.41, 5.74) is -0.281. The number of anilines is 1. The van der Waals surface area contributed by atoms with E-state index in [1.807, 2.05) is 0 Å². The van der Waals surface area contributed by atoms with Crippen LogP contribution in [0.3, 0.4) is 0 Å². The van der Waals surface area contributed by atoms with Gasteiger partial charge in [0.1, 0.15) is 5.69 Å². The number of H-pyrrole nitrogens is 1. The SMILES string of the molecule is O=C(CC1CC1)Nc1cc(C(F)F)[nH]n1. The summed E-state index contributed by atoms with van der Waals surface area (Å²) in [4.78, 5) is 11.3. The number of alkyl halides is 2. The maximum Gasteiger partial charge on any atom is 0.279 e. The molecule has 2 rings (SSSR count). The maximum absolute atomic E-state index is 12.2. The molecule has 6 heteroatoms. The summed E-state index contributed by atoms with van der Waals surface area (Å²) < 4.78 is 24.3. The first kappa shape index (κ1) is 10.1. The Kier molecular flexibility index (Phi) is 2.66. The smallest absolute Gasteiger partial charge is 0.279 e. The van der Waals surface area contributed by atoms with E-state index in [9.17, 15) is 13.6 Å². The molecule has 0 radical (unpaired) electrons. The van der Waals surface area contributed by atoms with Crippen molar-refractivity contribution < 1.29 is 13.6 Å².